The summed E-state index contributed by atoms with van der Waals surface area (Å²) >= 11 is 0. The molecule has 21 heavy (non-hydrogen) atoms. The third-order valence-electron chi connectivity index (χ3n) is 3.32. The molecule has 0 fully saturated rings. The van der Waals surface area contributed by atoms with Gasteiger partial charge in [0.05, 0.1) is 0 Å². The third kappa shape index (κ3) is 2.45. The first-order valence-electron chi connectivity index (χ1n) is 6.54. The summed E-state index contributed by atoms with van der Waals surface area (Å²) in [4.78, 5) is 17.2. The van der Waals surface area contributed by atoms with Gasteiger partial charge in [0.25, 0.3) is 5.95 Å². The van der Waals surface area contributed by atoms with Gasteiger partial charge in [-0.3, -0.25) is 0 Å². The Kier molecular flexibility index (Phi) is 3.31. The Morgan fingerprint density at radius 2 is 1.95 bits per heavy atom. The van der Waals surface area contributed by atoms with E-state index in [1.54, 1.807) is 13.4 Å². The largest absolute Gasteiger partial charge is 0.357 e. The van der Waals surface area contributed by atoms with Gasteiger partial charge in [0, 0.05) is 12.6 Å². The van der Waals surface area contributed by atoms with Crippen LogP contribution < -0.4 is 5.32 Å². The minimum absolute atomic E-state index is 0.433. The lowest BCUT2D eigenvalue weighted by molar-refractivity contribution is 0.798. The van der Waals surface area contributed by atoms with E-state index >= 15 is 0 Å². The zero-order valence-electron chi connectivity index (χ0n) is 12.1. The van der Waals surface area contributed by atoms with Gasteiger partial charge in [0.15, 0.2) is 5.82 Å². The lowest BCUT2D eigenvalue weighted by Gasteiger charge is -2.10. The second-order valence-corrected chi connectivity index (χ2v) is 4.62. The second-order valence-electron chi connectivity index (χ2n) is 4.62. The van der Waals surface area contributed by atoms with Crippen molar-refractivity contribution >= 4 is 5.95 Å². The number of benzene rings is 1. The summed E-state index contributed by atoms with van der Waals surface area (Å²) in [5, 5.41) is 7.01. The Morgan fingerprint density at radius 1 is 1.10 bits per heavy atom. The zero-order valence-corrected chi connectivity index (χ0v) is 12.1. The van der Waals surface area contributed by atoms with E-state index in [0.29, 0.717) is 17.7 Å². The lowest BCUT2D eigenvalue weighted by atomic mass is 10.0. The smallest absolute Gasteiger partial charge is 0.257 e. The highest BCUT2D eigenvalue weighted by Crippen LogP contribution is 2.23. The molecule has 2 heterocycles. The summed E-state index contributed by atoms with van der Waals surface area (Å²) in [6, 6.07) is 6.06. The number of nitrogens with one attached hydrogen (secondary N) is 1. The van der Waals surface area contributed by atoms with Gasteiger partial charge in [-0.2, -0.15) is 24.7 Å². The van der Waals surface area contributed by atoms with Gasteiger partial charge in [-0.1, -0.05) is 18.2 Å². The SMILES string of the molecule is CNc1nc(-c2cccc(C)c2C)nc(-n2cncn2)n1. The monoisotopic (exact) mass is 281 g/mol. The van der Waals surface area contributed by atoms with Crippen molar-refractivity contribution in [1.29, 1.82) is 0 Å². The number of anilines is 1. The first kappa shape index (κ1) is 13.2. The second kappa shape index (κ2) is 5.28. The molecule has 0 spiro atoms. The van der Waals surface area contributed by atoms with Crippen molar-refractivity contribution in [3.05, 3.63) is 42.0 Å². The van der Waals surface area contributed by atoms with Crippen LogP contribution in [-0.2, 0) is 0 Å². The van der Waals surface area contributed by atoms with Crippen LogP contribution in [0.3, 0.4) is 0 Å². The summed E-state index contributed by atoms with van der Waals surface area (Å²) in [5.41, 5.74) is 3.33. The van der Waals surface area contributed by atoms with E-state index in [4.69, 9.17) is 0 Å². The van der Waals surface area contributed by atoms with Crippen LogP contribution >= 0.6 is 0 Å². The lowest BCUT2D eigenvalue weighted by Crippen LogP contribution is -2.08. The van der Waals surface area contributed by atoms with Crippen molar-refractivity contribution in [2.24, 2.45) is 0 Å². The van der Waals surface area contributed by atoms with Gasteiger partial charge in [-0.25, -0.2) is 4.98 Å². The molecule has 0 bridgehead atoms. The van der Waals surface area contributed by atoms with E-state index in [-0.39, 0.29) is 0 Å². The van der Waals surface area contributed by atoms with Crippen LogP contribution in [0.15, 0.2) is 30.9 Å². The van der Waals surface area contributed by atoms with Crippen molar-refractivity contribution in [2.75, 3.05) is 12.4 Å². The standard InChI is InChI=1S/C14H15N7/c1-9-5-4-6-11(10(9)2)12-18-13(15-3)20-14(19-12)21-8-16-7-17-21/h4-8H,1-3H3,(H,15,18,19,20). The molecule has 0 saturated heterocycles. The molecule has 7 heteroatoms. The molecule has 0 radical (unpaired) electrons. The number of aromatic nitrogens is 6. The molecule has 0 aliphatic heterocycles. The van der Waals surface area contributed by atoms with Crippen LogP contribution in [0, 0.1) is 13.8 Å². The number of nitrogens with zero attached hydrogens (tertiary/aromatic N) is 6. The highest BCUT2D eigenvalue weighted by atomic mass is 15.4. The Balaban J connectivity index is 2.18. The average molecular weight is 281 g/mol. The number of aryl methyl sites for hydroxylation is 1. The fourth-order valence-electron chi connectivity index (χ4n) is 2.00. The van der Waals surface area contributed by atoms with Gasteiger partial charge >= 0.3 is 0 Å². The van der Waals surface area contributed by atoms with Gasteiger partial charge in [-0.05, 0) is 25.0 Å². The van der Waals surface area contributed by atoms with Crippen molar-refractivity contribution in [1.82, 2.24) is 29.7 Å². The third-order valence-corrected chi connectivity index (χ3v) is 3.32. The summed E-state index contributed by atoms with van der Waals surface area (Å²) < 4.78 is 1.51. The van der Waals surface area contributed by atoms with Crippen molar-refractivity contribution in [3.8, 4) is 17.3 Å². The van der Waals surface area contributed by atoms with E-state index in [9.17, 15) is 0 Å². The van der Waals surface area contributed by atoms with Gasteiger partial charge < -0.3 is 5.32 Å². The minimum Gasteiger partial charge on any atom is -0.357 e. The molecule has 0 aliphatic carbocycles. The van der Waals surface area contributed by atoms with E-state index in [0.717, 1.165) is 11.1 Å². The molecule has 106 valence electrons. The fraction of sp³-hybridized carbons (Fsp3) is 0.214. The first-order valence-corrected chi connectivity index (χ1v) is 6.54. The molecule has 7 nitrogen and oxygen atoms in total. The molecule has 0 saturated carbocycles. The van der Waals surface area contributed by atoms with Crippen LogP contribution in [0.2, 0.25) is 0 Å². The highest BCUT2D eigenvalue weighted by Gasteiger charge is 2.12. The molecular weight excluding hydrogens is 266 g/mol. The molecule has 1 N–H and O–H groups in total. The van der Waals surface area contributed by atoms with Crippen LogP contribution in [-0.4, -0.2) is 36.8 Å². The Hall–Kier alpha value is -2.83. The predicted molar refractivity (Wildman–Crippen MR) is 79.2 cm³/mol. The van der Waals surface area contributed by atoms with E-state index in [1.165, 1.54) is 16.6 Å². The van der Waals surface area contributed by atoms with Gasteiger partial charge in [0.2, 0.25) is 5.95 Å². The predicted octanol–water partition coefficient (Wildman–Crippen LogP) is 1.78. The topological polar surface area (TPSA) is 81.4 Å². The fourth-order valence-corrected chi connectivity index (χ4v) is 2.00. The van der Waals surface area contributed by atoms with E-state index < -0.39 is 0 Å². The summed E-state index contributed by atoms with van der Waals surface area (Å²) in [7, 11) is 1.77. The summed E-state index contributed by atoms with van der Waals surface area (Å²) in [6.45, 7) is 4.12. The van der Waals surface area contributed by atoms with Crippen molar-refractivity contribution in [2.45, 2.75) is 13.8 Å². The molecule has 3 aromatic rings. The maximum Gasteiger partial charge on any atom is 0.257 e. The van der Waals surface area contributed by atoms with Crippen LogP contribution in [0.4, 0.5) is 5.95 Å². The molecule has 0 atom stereocenters. The van der Waals surface area contributed by atoms with Crippen molar-refractivity contribution in [3.63, 3.8) is 0 Å². The first-order chi connectivity index (χ1) is 10.2. The Morgan fingerprint density at radius 3 is 2.67 bits per heavy atom. The molecular formula is C14H15N7. The van der Waals surface area contributed by atoms with Crippen LogP contribution in [0.25, 0.3) is 17.3 Å². The highest BCUT2D eigenvalue weighted by molar-refractivity contribution is 5.63. The maximum atomic E-state index is 4.49. The molecule has 1 aromatic carbocycles. The minimum atomic E-state index is 0.433. The summed E-state index contributed by atoms with van der Waals surface area (Å²) in [6.07, 6.45) is 3.00. The van der Waals surface area contributed by atoms with Crippen LogP contribution in [0.5, 0.6) is 0 Å². The van der Waals surface area contributed by atoms with E-state index in [2.05, 4.69) is 50.3 Å². The van der Waals surface area contributed by atoms with E-state index in [1.807, 2.05) is 12.1 Å². The molecule has 3 rings (SSSR count). The average Bonchev–Trinajstić information content (AvgIpc) is 3.04. The Bertz CT molecular complexity index is 765. The molecule has 0 amide bonds. The molecule has 0 aliphatic rings. The number of hydrogen-bond acceptors (Lipinski definition) is 6. The maximum absolute atomic E-state index is 4.49. The van der Waals surface area contributed by atoms with Gasteiger partial charge in [-0.15, -0.1) is 0 Å². The molecule has 2 aromatic heterocycles. The number of hydrogen-bond donors (Lipinski definition) is 1. The number of rotatable bonds is 3. The van der Waals surface area contributed by atoms with Gasteiger partial charge in [0.1, 0.15) is 12.7 Å². The summed E-state index contributed by atoms with van der Waals surface area (Å²) in [5.74, 6) is 1.54. The quantitative estimate of drug-likeness (QED) is 0.788. The van der Waals surface area contributed by atoms with Crippen molar-refractivity contribution < 1.29 is 0 Å². The Labute approximate surface area is 122 Å². The van der Waals surface area contributed by atoms with Crippen LogP contribution in [0.1, 0.15) is 11.1 Å². The zero-order chi connectivity index (χ0) is 14.8. The molecule has 0 unspecified atom stereocenters. The normalized spacial score (nSPS) is 10.6.